The Morgan fingerprint density at radius 1 is 1.50 bits per heavy atom. The average Bonchev–Trinajstić information content (AvgIpc) is 2.72. The van der Waals surface area contributed by atoms with Crippen LogP contribution in [0.2, 0.25) is 0 Å². The summed E-state index contributed by atoms with van der Waals surface area (Å²) >= 11 is 0. The third-order valence-corrected chi connectivity index (χ3v) is 2.59. The summed E-state index contributed by atoms with van der Waals surface area (Å²) in [5, 5.41) is 18.2. The number of aromatic nitrogens is 3. The van der Waals surface area contributed by atoms with E-state index in [2.05, 4.69) is 10.3 Å². The molecule has 0 amide bonds. The third kappa shape index (κ3) is 2.33. The van der Waals surface area contributed by atoms with Crippen LogP contribution in [0.15, 0.2) is 24.3 Å². The summed E-state index contributed by atoms with van der Waals surface area (Å²) in [5.41, 5.74) is -0.115. The molecule has 0 spiro atoms. The normalized spacial score (nSPS) is 14.4. The molecule has 0 aliphatic carbocycles. The number of benzene rings is 1. The molecule has 1 N–H and O–H groups in total. The fraction of sp³-hybridized carbons (Fsp3) is 0.417. The minimum Gasteiger partial charge on any atom is -0.466 e. The summed E-state index contributed by atoms with van der Waals surface area (Å²) in [4.78, 5) is 11.4. The van der Waals surface area contributed by atoms with Crippen molar-refractivity contribution in [1.82, 2.24) is 15.0 Å². The molecule has 96 valence electrons. The lowest BCUT2D eigenvalue weighted by Gasteiger charge is -2.22. The number of carbonyl (C=O) groups is 1. The number of esters is 1. The van der Waals surface area contributed by atoms with Gasteiger partial charge >= 0.3 is 5.97 Å². The zero-order valence-electron chi connectivity index (χ0n) is 10.3. The van der Waals surface area contributed by atoms with Crippen LogP contribution in [0.1, 0.15) is 20.3 Å². The highest BCUT2D eigenvalue weighted by Gasteiger charge is 2.30. The smallest absolute Gasteiger partial charge is 0.310 e. The molecule has 0 aliphatic heterocycles. The Bertz CT molecular complexity index is 562. The Morgan fingerprint density at radius 2 is 2.22 bits per heavy atom. The van der Waals surface area contributed by atoms with Gasteiger partial charge in [-0.2, -0.15) is 0 Å². The van der Waals surface area contributed by atoms with Gasteiger partial charge in [0, 0.05) is 0 Å². The van der Waals surface area contributed by atoms with Crippen molar-refractivity contribution in [3.05, 3.63) is 24.3 Å². The Hall–Kier alpha value is -1.95. The fourth-order valence-corrected chi connectivity index (χ4v) is 1.79. The molecule has 0 saturated heterocycles. The van der Waals surface area contributed by atoms with Gasteiger partial charge in [0.25, 0.3) is 0 Å². The first kappa shape index (κ1) is 12.5. The van der Waals surface area contributed by atoms with Gasteiger partial charge in [-0.15, -0.1) is 5.10 Å². The molecule has 0 unspecified atom stereocenters. The van der Waals surface area contributed by atoms with Crippen molar-refractivity contribution in [2.45, 2.75) is 26.0 Å². The van der Waals surface area contributed by atoms with Crippen LogP contribution in [0.3, 0.4) is 0 Å². The topological polar surface area (TPSA) is 77.2 Å². The Labute approximate surface area is 104 Å². The second-order valence-electron chi connectivity index (χ2n) is 4.19. The van der Waals surface area contributed by atoms with E-state index in [1.807, 2.05) is 12.1 Å². The molecular formula is C12H15N3O3. The van der Waals surface area contributed by atoms with Crippen LogP contribution in [-0.2, 0) is 15.3 Å². The van der Waals surface area contributed by atoms with Gasteiger partial charge in [-0.3, -0.25) is 4.79 Å². The van der Waals surface area contributed by atoms with Crippen molar-refractivity contribution in [3.63, 3.8) is 0 Å². The van der Waals surface area contributed by atoms with Crippen LogP contribution in [-0.4, -0.2) is 32.7 Å². The summed E-state index contributed by atoms with van der Waals surface area (Å²) in [6, 6.07) is 7.23. The molecule has 18 heavy (non-hydrogen) atoms. The minimum absolute atomic E-state index is 0.172. The molecule has 0 saturated carbocycles. The first-order chi connectivity index (χ1) is 8.54. The summed E-state index contributed by atoms with van der Waals surface area (Å²) in [5.74, 6) is -0.470. The Balaban J connectivity index is 2.31. The van der Waals surface area contributed by atoms with E-state index in [9.17, 15) is 9.90 Å². The van der Waals surface area contributed by atoms with Crippen molar-refractivity contribution < 1.29 is 14.6 Å². The summed E-state index contributed by atoms with van der Waals surface area (Å²) < 4.78 is 6.16. The third-order valence-electron chi connectivity index (χ3n) is 2.59. The largest absolute Gasteiger partial charge is 0.466 e. The highest BCUT2D eigenvalue weighted by molar-refractivity contribution is 5.75. The van der Waals surface area contributed by atoms with Crippen molar-refractivity contribution >= 4 is 17.0 Å². The molecule has 1 heterocycles. The summed E-state index contributed by atoms with van der Waals surface area (Å²) in [7, 11) is 0. The van der Waals surface area contributed by atoms with Gasteiger partial charge in [0.1, 0.15) is 5.52 Å². The number of carbonyl (C=O) groups excluding carboxylic acids is 1. The van der Waals surface area contributed by atoms with Gasteiger partial charge in [-0.05, 0) is 26.0 Å². The van der Waals surface area contributed by atoms with Crippen LogP contribution in [0.5, 0.6) is 0 Å². The molecule has 0 radical (unpaired) electrons. The zero-order valence-corrected chi connectivity index (χ0v) is 10.3. The van der Waals surface area contributed by atoms with E-state index in [-0.39, 0.29) is 13.0 Å². The van der Waals surface area contributed by atoms with Gasteiger partial charge in [0.2, 0.25) is 0 Å². The van der Waals surface area contributed by atoms with E-state index >= 15 is 0 Å². The van der Waals surface area contributed by atoms with Gasteiger partial charge in [-0.1, -0.05) is 17.3 Å². The fourth-order valence-electron chi connectivity index (χ4n) is 1.79. The number of nitrogens with zero attached hydrogens (tertiary/aromatic N) is 3. The number of rotatable bonds is 4. The van der Waals surface area contributed by atoms with Gasteiger partial charge in [0.05, 0.1) is 18.5 Å². The lowest BCUT2D eigenvalue weighted by atomic mass is 10.1. The van der Waals surface area contributed by atoms with Crippen LogP contribution >= 0.6 is 0 Å². The second-order valence-corrected chi connectivity index (χ2v) is 4.19. The predicted molar refractivity (Wildman–Crippen MR) is 64.6 cm³/mol. The van der Waals surface area contributed by atoms with Crippen molar-refractivity contribution in [2.24, 2.45) is 0 Å². The molecule has 1 atom stereocenters. The summed E-state index contributed by atoms with van der Waals surface area (Å²) in [6.07, 6.45) is -0.172. The number of aliphatic hydroxyl groups is 1. The molecular weight excluding hydrogens is 234 g/mol. The SMILES string of the molecule is CCOC(=O)C[C@@](C)(O)n1nnc2ccccc21. The number of ether oxygens (including phenoxy) is 1. The standard InChI is InChI=1S/C12H15N3O3/c1-3-18-11(16)8-12(2,17)15-10-7-5-4-6-9(10)13-14-15/h4-7,17H,3,8H2,1-2H3/t12-/m1/s1. The summed E-state index contributed by atoms with van der Waals surface area (Å²) in [6.45, 7) is 3.51. The maximum atomic E-state index is 11.4. The maximum absolute atomic E-state index is 11.4. The lowest BCUT2D eigenvalue weighted by Crippen LogP contribution is -2.34. The van der Waals surface area contributed by atoms with Gasteiger partial charge in [0.15, 0.2) is 5.72 Å². The molecule has 6 heteroatoms. The van der Waals surface area contributed by atoms with Crippen LogP contribution in [0.25, 0.3) is 11.0 Å². The van der Waals surface area contributed by atoms with E-state index in [0.29, 0.717) is 11.0 Å². The number of para-hydroxylation sites is 1. The van der Waals surface area contributed by atoms with Crippen LogP contribution in [0, 0.1) is 0 Å². The average molecular weight is 249 g/mol. The van der Waals surface area contributed by atoms with Crippen LogP contribution in [0.4, 0.5) is 0 Å². The molecule has 6 nitrogen and oxygen atoms in total. The molecule has 0 bridgehead atoms. The molecule has 0 fully saturated rings. The molecule has 1 aromatic carbocycles. The highest BCUT2D eigenvalue weighted by Crippen LogP contribution is 2.21. The molecule has 2 aromatic rings. The maximum Gasteiger partial charge on any atom is 0.310 e. The number of fused-ring (bicyclic) bond motifs is 1. The van der Waals surface area contributed by atoms with E-state index in [1.165, 1.54) is 11.6 Å². The molecule has 0 aliphatic rings. The monoisotopic (exact) mass is 249 g/mol. The Kier molecular flexibility index (Phi) is 3.29. The first-order valence-electron chi connectivity index (χ1n) is 5.73. The van der Waals surface area contributed by atoms with E-state index < -0.39 is 11.7 Å². The van der Waals surface area contributed by atoms with Gasteiger partial charge in [-0.25, -0.2) is 4.68 Å². The van der Waals surface area contributed by atoms with E-state index in [0.717, 1.165) is 0 Å². The van der Waals surface area contributed by atoms with Crippen LogP contribution < -0.4 is 0 Å². The quantitative estimate of drug-likeness (QED) is 0.819. The van der Waals surface area contributed by atoms with Crippen molar-refractivity contribution in [1.29, 1.82) is 0 Å². The Morgan fingerprint density at radius 3 is 2.94 bits per heavy atom. The number of hydrogen-bond acceptors (Lipinski definition) is 5. The molecule has 1 aromatic heterocycles. The highest BCUT2D eigenvalue weighted by atomic mass is 16.5. The zero-order chi connectivity index (χ0) is 13.2. The minimum atomic E-state index is -1.46. The van der Waals surface area contributed by atoms with E-state index in [4.69, 9.17) is 4.74 Å². The first-order valence-corrected chi connectivity index (χ1v) is 5.73. The van der Waals surface area contributed by atoms with E-state index in [1.54, 1.807) is 19.1 Å². The number of hydrogen-bond donors (Lipinski definition) is 1. The molecule has 2 rings (SSSR count). The predicted octanol–water partition coefficient (Wildman–Crippen LogP) is 1.05. The lowest BCUT2D eigenvalue weighted by molar-refractivity contribution is -0.152. The van der Waals surface area contributed by atoms with Crippen molar-refractivity contribution in [3.8, 4) is 0 Å². The second kappa shape index (κ2) is 4.73. The van der Waals surface area contributed by atoms with Crippen molar-refractivity contribution in [2.75, 3.05) is 6.61 Å². The van der Waals surface area contributed by atoms with Gasteiger partial charge < -0.3 is 9.84 Å².